The average Bonchev–Trinajstić information content (AvgIpc) is 2.79. The predicted octanol–water partition coefficient (Wildman–Crippen LogP) is 5.27. The molecule has 7 heteroatoms. The normalized spacial score (nSPS) is 15.0. The minimum absolute atomic E-state index is 0.130. The van der Waals surface area contributed by atoms with Crippen LogP contribution in [-0.4, -0.2) is 66.2 Å². The molecule has 1 saturated heterocycles. The Hall–Kier alpha value is -2.67. The van der Waals surface area contributed by atoms with Gasteiger partial charge in [0.15, 0.2) is 0 Å². The average molecular weight is 469 g/mol. The molecule has 4 rings (SSSR count). The SMILES string of the molecule is Cc1ccc(O)c(-c2cc(-c3c(F)cccc3Cl)cc(NCCCN3CCN(C)CC3)n2)c1. The number of hydrogen-bond acceptors (Lipinski definition) is 5. The number of anilines is 1. The summed E-state index contributed by atoms with van der Waals surface area (Å²) >= 11 is 6.36. The number of likely N-dealkylation sites (N-methyl/N-ethyl adjacent to an activating group) is 1. The largest absolute Gasteiger partial charge is 0.507 e. The van der Waals surface area contributed by atoms with E-state index in [-0.39, 0.29) is 5.75 Å². The van der Waals surface area contributed by atoms with Gasteiger partial charge >= 0.3 is 0 Å². The fraction of sp³-hybridized carbons (Fsp3) is 0.346. The number of phenols is 1. The molecule has 0 aliphatic carbocycles. The zero-order valence-corrected chi connectivity index (χ0v) is 19.9. The van der Waals surface area contributed by atoms with Crippen LogP contribution in [0.25, 0.3) is 22.4 Å². The van der Waals surface area contributed by atoms with Crippen molar-refractivity contribution in [1.82, 2.24) is 14.8 Å². The standard InChI is InChI=1S/C26H30ClFN4O/c1-18-7-8-24(33)20(15-18)23-16-19(26-21(27)5-3-6-22(26)28)17-25(30-23)29-9-4-10-32-13-11-31(2)12-14-32/h3,5-8,15-17,33H,4,9-14H2,1-2H3,(H,29,30). The van der Waals surface area contributed by atoms with Gasteiger partial charge in [0.1, 0.15) is 17.4 Å². The maximum Gasteiger partial charge on any atom is 0.132 e. The van der Waals surface area contributed by atoms with Crippen molar-refractivity contribution < 1.29 is 9.50 Å². The lowest BCUT2D eigenvalue weighted by molar-refractivity contribution is 0.154. The number of aromatic nitrogens is 1. The number of piperazine rings is 1. The van der Waals surface area contributed by atoms with Gasteiger partial charge in [-0.15, -0.1) is 0 Å². The second-order valence-electron chi connectivity index (χ2n) is 8.67. The van der Waals surface area contributed by atoms with E-state index in [2.05, 4.69) is 22.2 Å². The van der Waals surface area contributed by atoms with Gasteiger partial charge in [-0.3, -0.25) is 0 Å². The van der Waals surface area contributed by atoms with Crippen LogP contribution in [0.2, 0.25) is 5.02 Å². The quantitative estimate of drug-likeness (QED) is 0.462. The minimum Gasteiger partial charge on any atom is -0.507 e. The summed E-state index contributed by atoms with van der Waals surface area (Å²) in [5, 5.41) is 14.2. The first-order valence-corrected chi connectivity index (χ1v) is 11.7. The number of nitrogens with zero attached hydrogens (tertiary/aromatic N) is 3. The third-order valence-corrected chi connectivity index (χ3v) is 6.37. The lowest BCUT2D eigenvalue weighted by Gasteiger charge is -2.32. The molecule has 0 atom stereocenters. The van der Waals surface area contributed by atoms with Crippen LogP contribution in [0.1, 0.15) is 12.0 Å². The molecule has 0 amide bonds. The van der Waals surface area contributed by atoms with Crippen molar-refractivity contribution >= 4 is 17.4 Å². The number of benzene rings is 2. The number of hydrogen-bond donors (Lipinski definition) is 2. The predicted molar refractivity (Wildman–Crippen MR) is 134 cm³/mol. The highest BCUT2D eigenvalue weighted by molar-refractivity contribution is 6.33. The number of aryl methyl sites for hydroxylation is 1. The number of pyridine rings is 1. The molecule has 174 valence electrons. The fourth-order valence-electron chi connectivity index (χ4n) is 4.12. The Balaban J connectivity index is 1.59. The molecule has 33 heavy (non-hydrogen) atoms. The first kappa shape index (κ1) is 23.5. The van der Waals surface area contributed by atoms with E-state index < -0.39 is 5.82 Å². The van der Waals surface area contributed by atoms with Crippen molar-refractivity contribution in [1.29, 1.82) is 0 Å². The molecule has 0 radical (unpaired) electrons. The van der Waals surface area contributed by atoms with E-state index >= 15 is 0 Å². The minimum atomic E-state index is -0.394. The number of aromatic hydroxyl groups is 1. The summed E-state index contributed by atoms with van der Waals surface area (Å²) in [5.41, 5.74) is 3.11. The third-order valence-electron chi connectivity index (χ3n) is 6.06. The highest BCUT2D eigenvalue weighted by Crippen LogP contribution is 2.36. The van der Waals surface area contributed by atoms with Gasteiger partial charge in [0.05, 0.1) is 10.7 Å². The van der Waals surface area contributed by atoms with Crippen LogP contribution in [0.3, 0.4) is 0 Å². The molecule has 2 N–H and O–H groups in total. The summed E-state index contributed by atoms with van der Waals surface area (Å²) in [6, 6.07) is 13.6. The Morgan fingerprint density at radius 2 is 1.88 bits per heavy atom. The zero-order chi connectivity index (χ0) is 23.4. The molecule has 2 aromatic carbocycles. The molecule has 1 aliphatic heterocycles. The number of nitrogens with one attached hydrogen (secondary N) is 1. The van der Waals surface area contributed by atoms with E-state index in [1.807, 2.05) is 25.1 Å². The summed E-state index contributed by atoms with van der Waals surface area (Å²) in [6.45, 7) is 8.10. The van der Waals surface area contributed by atoms with E-state index in [9.17, 15) is 9.50 Å². The third kappa shape index (κ3) is 5.82. The maximum absolute atomic E-state index is 14.7. The van der Waals surface area contributed by atoms with Gasteiger partial charge in [-0.25, -0.2) is 9.37 Å². The topological polar surface area (TPSA) is 51.6 Å². The second-order valence-corrected chi connectivity index (χ2v) is 9.08. The van der Waals surface area contributed by atoms with Crippen molar-refractivity contribution in [2.45, 2.75) is 13.3 Å². The first-order valence-electron chi connectivity index (χ1n) is 11.3. The van der Waals surface area contributed by atoms with Gasteiger partial charge < -0.3 is 20.2 Å². The molecular weight excluding hydrogens is 439 g/mol. The Morgan fingerprint density at radius 1 is 1.09 bits per heavy atom. The Kier molecular flexibility index (Phi) is 7.48. The number of rotatable bonds is 7. The van der Waals surface area contributed by atoms with Gasteiger partial charge in [-0.2, -0.15) is 0 Å². The van der Waals surface area contributed by atoms with E-state index in [0.717, 1.165) is 51.3 Å². The second kappa shape index (κ2) is 10.5. The maximum atomic E-state index is 14.7. The lowest BCUT2D eigenvalue weighted by Crippen LogP contribution is -2.44. The lowest BCUT2D eigenvalue weighted by atomic mass is 10.0. The smallest absolute Gasteiger partial charge is 0.132 e. The highest BCUT2D eigenvalue weighted by Gasteiger charge is 2.16. The molecular formula is C26H30ClFN4O. The first-order chi connectivity index (χ1) is 15.9. The zero-order valence-electron chi connectivity index (χ0n) is 19.1. The van der Waals surface area contributed by atoms with Crippen molar-refractivity contribution in [2.75, 3.05) is 51.6 Å². The summed E-state index contributed by atoms with van der Waals surface area (Å²) in [4.78, 5) is 9.55. The molecule has 1 aromatic heterocycles. The van der Waals surface area contributed by atoms with Crippen molar-refractivity contribution in [3.05, 3.63) is 64.9 Å². The molecule has 1 fully saturated rings. The monoisotopic (exact) mass is 468 g/mol. The van der Waals surface area contributed by atoms with E-state index in [1.54, 1.807) is 24.3 Å². The van der Waals surface area contributed by atoms with E-state index in [4.69, 9.17) is 16.6 Å². The summed E-state index contributed by atoms with van der Waals surface area (Å²) in [5.74, 6) is 0.362. The van der Waals surface area contributed by atoms with Crippen LogP contribution in [-0.2, 0) is 0 Å². The summed E-state index contributed by atoms with van der Waals surface area (Å²) < 4.78 is 14.7. The van der Waals surface area contributed by atoms with Gasteiger partial charge in [0.2, 0.25) is 0 Å². The van der Waals surface area contributed by atoms with Crippen LogP contribution < -0.4 is 5.32 Å². The van der Waals surface area contributed by atoms with Gasteiger partial charge in [0, 0.05) is 43.9 Å². The van der Waals surface area contributed by atoms with Crippen LogP contribution in [0.15, 0.2) is 48.5 Å². The van der Waals surface area contributed by atoms with Gasteiger partial charge in [-0.05, 0) is 68.9 Å². The van der Waals surface area contributed by atoms with Crippen LogP contribution in [0, 0.1) is 12.7 Å². The summed E-state index contributed by atoms with van der Waals surface area (Å²) in [7, 11) is 2.16. The van der Waals surface area contributed by atoms with Gasteiger partial charge in [0.25, 0.3) is 0 Å². The molecule has 0 spiro atoms. The van der Waals surface area contributed by atoms with Crippen molar-refractivity contribution in [3.63, 3.8) is 0 Å². The molecule has 0 bridgehead atoms. The summed E-state index contributed by atoms with van der Waals surface area (Å²) in [6.07, 6.45) is 0.973. The Bertz CT molecular complexity index is 1100. The van der Waals surface area contributed by atoms with Crippen LogP contribution in [0.4, 0.5) is 10.2 Å². The molecule has 2 heterocycles. The van der Waals surface area contributed by atoms with E-state index in [0.29, 0.717) is 33.2 Å². The molecule has 0 saturated carbocycles. The fourth-order valence-corrected chi connectivity index (χ4v) is 4.39. The van der Waals surface area contributed by atoms with E-state index in [1.165, 1.54) is 6.07 Å². The Morgan fingerprint density at radius 3 is 2.64 bits per heavy atom. The van der Waals surface area contributed by atoms with Crippen molar-refractivity contribution in [3.8, 4) is 28.1 Å². The highest BCUT2D eigenvalue weighted by atomic mass is 35.5. The number of halogens is 2. The van der Waals surface area contributed by atoms with Gasteiger partial charge in [-0.1, -0.05) is 29.3 Å². The van der Waals surface area contributed by atoms with Crippen LogP contribution in [0.5, 0.6) is 5.75 Å². The van der Waals surface area contributed by atoms with Crippen LogP contribution >= 0.6 is 11.6 Å². The molecule has 0 unspecified atom stereocenters. The number of phenolic OH excluding ortho intramolecular Hbond substituents is 1. The van der Waals surface area contributed by atoms with Crippen molar-refractivity contribution in [2.24, 2.45) is 0 Å². The molecule has 3 aromatic rings. The molecule has 5 nitrogen and oxygen atoms in total. The Labute approximate surface area is 199 Å². The molecule has 1 aliphatic rings.